The number of aryl methyl sites for hydroxylation is 1. The van der Waals surface area contributed by atoms with E-state index in [1.807, 2.05) is 6.92 Å². The molecule has 1 aliphatic heterocycles. The van der Waals surface area contributed by atoms with E-state index in [4.69, 9.17) is 0 Å². The van der Waals surface area contributed by atoms with Gasteiger partial charge >= 0.3 is 12.5 Å². The fourth-order valence-corrected chi connectivity index (χ4v) is 3.68. The van der Waals surface area contributed by atoms with Crippen LogP contribution in [0.25, 0.3) is 0 Å². The van der Waals surface area contributed by atoms with Crippen molar-refractivity contribution >= 4 is 17.4 Å². The fraction of sp³-hybridized carbons (Fsp3) is 0.273. The van der Waals surface area contributed by atoms with Gasteiger partial charge in [0.05, 0.1) is 12.2 Å². The molecule has 12 heteroatoms. The number of carbonyl (C=O) groups is 1. The van der Waals surface area contributed by atoms with Crippen LogP contribution in [0.5, 0.6) is 5.75 Å². The predicted octanol–water partition coefficient (Wildman–Crippen LogP) is 6.00. The third-order valence-corrected chi connectivity index (χ3v) is 5.31. The highest BCUT2D eigenvalue weighted by molar-refractivity contribution is 6.07. The molecule has 0 fully saturated rings. The molecule has 0 spiro atoms. The summed E-state index contributed by atoms with van der Waals surface area (Å²) in [4.78, 5) is 12.8. The molecule has 2 aromatic carbocycles. The molecule has 1 amide bonds. The van der Waals surface area contributed by atoms with Gasteiger partial charge in [-0.25, -0.2) is 4.68 Å². The first-order chi connectivity index (χ1) is 15.9. The van der Waals surface area contributed by atoms with Crippen molar-refractivity contribution < 1.29 is 35.9 Å². The summed E-state index contributed by atoms with van der Waals surface area (Å²) in [5, 5.41) is 9.22. The summed E-state index contributed by atoms with van der Waals surface area (Å²) in [7, 11) is 0. The average Bonchev–Trinajstić information content (AvgIpc) is 3.17. The van der Waals surface area contributed by atoms with E-state index in [1.165, 1.54) is 12.1 Å². The van der Waals surface area contributed by atoms with Gasteiger partial charge < -0.3 is 15.4 Å². The number of anilines is 2. The maximum Gasteiger partial charge on any atom is 0.573 e. The molecule has 1 aromatic heterocycles. The number of rotatable bonds is 4. The van der Waals surface area contributed by atoms with E-state index in [1.54, 1.807) is 24.3 Å². The predicted molar refractivity (Wildman–Crippen MR) is 111 cm³/mol. The van der Waals surface area contributed by atoms with Crippen LogP contribution in [0.4, 0.5) is 37.8 Å². The van der Waals surface area contributed by atoms with Crippen molar-refractivity contribution in [1.29, 1.82) is 0 Å². The lowest BCUT2D eigenvalue weighted by Gasteiger charge is -2.34. The van der Waals surface area contributed by atoms with E-state index in [2.05, 4.69) is 20.5 Å². The van der Waals surface area contributed by atoms with Gasteiger partial charge in [-0.1, -0.05) is 29.8 Å². The third-order valence-electron chi connectivity index (χ3n) is 5.31. The summed E-state index contributed by atoms with van der Waals surface area (Å²) >= 11 is 0. The van der Waals surface area contributed by atoms with Crippen molar-refractivity contribution in [3.8, 4) is 5.75 Å². The minimum Gasteiger partial charge on any atom is -0.406 e. The Labute approximate surface area is 189 Å². The molecule has 0 aliphatic carbocycles. The van der Waals surface area contributed by atoms with Crippen LogP contribution in [-0.2, 0) is 0 Å². The van der Waals surface area contributed by atoms with Gasteiger partial charge in [-0.3, -0.25) is 4.79 Å². The van der Waals surface area contributed by atoms with Crippen LogP contribution in [0.2, 0.25) is 0 Å². The van der Waals surface area contributed by atoms with Gasteiger partial charge in [-0.15, -0.1) is 13.2 Å². The summed E-state index contributed by atoms with van der Waals surface area (Å²) in [6, 6.07) is 8.69. The maximum absolute atomic E-state index is 13.8. The number of ether oxygens (including phenoxy) is 1. The van der Waals surface area contributed by atoms with E-state index in [-0.39, 0.29) is 23.5 Å². The summed E-state index contributed by atoms with van der Waals surface area (Å²) in [6.45, 7) is 1.86. The van der Waals surface area contributed by atoms with Gasteiger partial charge in [-0.2, -0.15) is 18.3 Å². The number of fused-ring (bicyclic) bond motifs is 1. The minimum atomic E-state index is -4.86. The number of benzene rings is 2. The Morgan fingerprint density at radius 1 is 1.06 bits per heavy atom. The minimum absolute atomic E-state index is 0.103. The van der Waals surface area contributed by atoms with Crippen molar-refractivity contribution in [2.45, 2.75) is 38.0 Å². The molecular formula is C22H18F6N4O2. The molecule has 0 saturated heterocycles. The summed E-state index contributed by atoms with van der Waals surface area (Å²) in [5.41, 5.74) is 1.56. The Kier molecular flexibility index (Phi) is 5.92. The second-order valence-corrected chi connectivity index (χ2v) is 7.78. The first-order valence-corrected chi connectivity index (χ1v) is 10.1. The number of alkyl halides is 6. The lowest BCUT2D eigenvalue weighted by Crippen LogP contribution is -2.36. The van der Waals surface area contributed by atoms with Crippen molar-refractivity contribution in [2.75, 3.05) is 10.6 Å². The number of aromatic nitrogens is 2. The largest absolute Gasteiger partial charge is 0.573 e. The highest BCUT2D eigenvalue weighted by Gasteiger charge is 2.47. The molecular weight excluding hydrogens is 466 g/mol. The van der Waals surface area contributed by atoms with E-state index in [0.717, 1.165) is 28.6 Å². The highest BCUT2D eigenvalue weighted by Crippen LogP contribution is 2.44. The number of nitrogens with one attached hydrogen (secondary N) is 2. The van der Waals surface area contributed by atoms with Crippen LogP contribution in [-0.4, -0.2) is 28.2 Å². The van der Waals surface area contributed by atoms with Crippen molar-refractivity contribution in [1.82, 2.24) is 9.78 Å². The van der Waals surface area contributed by atoms with Crippen LogP contribution < -0.4 is 15.4 Å². The Bertz CT molecular complexity index is 1170. The van der Waals surface area contributed by atoms with Crippen LogP contribution in [0.1, 0.15) is 40.0 Å². The topological polar surface area (TPSA) is 68.2 Å². The van der Waals surface area contributed by atoms with Gasteiger partial charge in [0, 0.05) is 12.1 Å². The number of nitrogens with zero attached hydrogens (tertiary/aromatic N) is 2. The van der Waals surface area contributed by atoms with E-state index in [0.29, 0.717) is 5.56 Å². The molecule has 0 unspecified atom stereocenters. The molecule has 0 saturated carbocycles. The second-order valence-electron chi connectivity index (χ2n) is 7.78. The lowest BCUT2D eigenvalue weighted by molar-refractivity contribution is -0.274. The molecule has 6 nitrogen and oxygen atoms in total. The maximum atomic E-state index is 13.8. The zero-order chi connectivity index (χ0) is 24.7. The van der Waals surface area contributed by atoms with Crippen LogP contribution >= 0.6 is 0 Å². The Morgan fingerprint density at radius 2 is 1.71 bits per heavy atom. The number of halogens is 6. The molecule has 2 N–H and O–H groups in total. The number of carbonyl (C=O) groups excluding carboxylic acids is 1. The molecule has 4 rings (SSSR count). The summed E-state index contributed by atoms with van der Waals surface area (Å²) in [6.07, 6.45) is -8.76. The molecule has 3 aromatic rings. The van der Waals surface area contributed by atoms with E-state index in [9.17, 15) is 31.1 Å². The Morgan fingerprint density at radius 3 is 2.29 bits per heavy atom. The van der Waals surface area contributed by atoms with E-state index < -0.39 is 36.3 Å². The quantitative estimate of drug-likeness (QED) is 0.446. The van der Waals surface area contributed by atoms with Gasteiger partial charge in [0.1, 0.15) is 17.1 Å². The molecule has 180 valence electrons. The lowest BCUT2D eigenvalue weighted by atomic mass is 9.96. The SMILES string of the molecule is Cc1ccc([C@@H]2C[C@@H](C(F)(F)F)n3ncc(C(=O)Nc4ccc(OC(F)(F)F)cc4)c3N2)cc1. The first-order valence-electron chi connectivity index (χ1n) is 10.1. The summed E-state index contributed by atoms with van der Waals surface area (Å²) < 4.78 is 82.8. The molecule has 2 atom stereocenters. The van der Waals surface area contributed by atoms with Crippen LogP contribution in [0.3, 0.4) is 0 Å². The monoisotopic (exact) mass is 484 g/mol. The standard InChI is InChI=1S/C22H18F6N4O2/c1-12-2-4-13(5-3-12)17-10-18(21(23,24)25)32-19(31-17)16(11-29-32)20(33)30-14-6-8-15(9-7-14)34-22(26,27)28/h2-9,11,17-18,31H,10H2,1H3,(H,30,33)/t17-,18-/m0/s1. The smallest absolute Gasteiger partial charge is 0.406 e. The van der Waals surface area contributed by atoms with Gasteiger partial charge in [0.2, 0.25) is 0 Å². The zero-order valence-electron chi connectivity index (χ0n) is 17.5. The van der Waals surface area contributed by atoms with Crippen molar-refractivity contribution in [2.24, 2.45) is 0 Å². The second kappa shape index (κ2) is 8.58. The number of amides is 1. The number of hydrogen-bond acceptors (Lipinski definition) is 4. The third kappa shape index (κ3) is 5.10. The number of hydrogen-bond donors (Lipinski definition) is 2. The molecule has 1 aliphatic rings. The molecule has 34 heavy (non-hydrogen) atoms. The summed E-state index contributed by atoms with van der Waals surface area (Å²) in [5.74, 6) is -1.36. The Balaban J connectivity index is 1.59. The molecule has 0 radical (unpaired) electrons. The average molecular weight is 484 g/mol. The first kappa shape index (κ1) is 23.5. The van der Waals surface area contributed by atoms with Gasteiger partial charge in [0.25, 0.3) is 5.91 Å². The van der Waals surface area contributed by atoms with Gasteiger partial charge in [-0.05, 0) is 36.8 Å². The normalized spacial score (nSPS) is 18.1. The van der Waals surface area contributed by atoms with Gasteiger partial charge in [0.15, 0.2) is 6.04 Å². The Hall–Kier alpha value is -3.70. The highest BCUT2D eigenvalue weighted by atomic mass is 19.4. The molecule has 0 bridgehead atoms. The van der Waals surface area contributed by atoms with E-state index >= 15 is 0 Å². The zero-order valence-corrected chi connectivity index (χ0v) is 17.5. The van der Waals surface area contributed by atoms with Crippen LogP contribution in [0.15, 0.2) is 54.7 Å². The van der Waals surface area contributed by atoms with Crippen molar-refractivity contribution in [3.63, 3.8) is 0 Å². The van der Waals surface area contributed by atoms with Crippen LogP contribution in [0, 0.1) is 6.92 Å². The van der Waals surface area contributed by atoms with Crippen molar-refractivity contribution in [3.05, 3.63) is 71.4 Å². The molecule has 2 heterocycles. The fourth-order valence-electron chi connectivity index (χ4n) is 3.68.